The van der Waals surface area contributed by atoms with Gasteiger partial charge in [0.2, 0.25) is 17.3 Å². The molecule has 0 saturated carbocycles. The van der Waals surface area contributed by atoms with Crippen LogP contribution in [0.2, 0.25) is 0 Å². The summed E-state index contributed by atoms with van der Waals surface area (Å²) in [5, 5.41) is 42.4. The van der Waals surface area contributed by atoms with Crippen LogP contribution in [-0.4, -0.2) is 57.2 Å². The molecule has 0 bridgehead atoms. The van der Waals surface area contributed by atoms with Crippen LogP contribution in [-0.2, 0) is 28.6 Å². The average molecular weight is 1350 g/mol. The van der Waals surface area contributed by atoms with Gasteiger partial charge < -0.3 is 48.8 Å². The smallest absolute Gasteiger partial charge is 0.298 e. The van der Waals surface area contributed by atoms with Crippen LogP contribution >= 0.6 is 34.0 Å². The molecule has 9 aromatic carbocycles. The molecule has 4 N–H and O–H groups in total. The predicted molar refractivity (Wildman–Crippen MR) is 377 cm³/mol. The van der Waals surface area contributed by atoms with Gasteiger partial charge in [-0.25, -0.2) is 0 Å². The van der Waals surface area contributed by atoms with E-state index in [0.717, 1.165) is 105 Å². The standard InChI is InChI=1S/C27H22O5S.C26H20O6S.C25H18O5S/c1-16-12-17(2)24(18(3)13-16)26(30)27-25(22-9-6-20(29)14-23(22)33-27)19-4-7-21(8-5-19)32-11-10-31-15-28;1-15-11-19(29)12-16(2)23(15)25(30)26-24(21-8-5-18(28)13-22(21)33-26)17-3-6-20(7-4-17)32-10-9-31-14-27;1-16-4-2-3-5-20(16)24(28)25-23(21-11-8-18(27)14-22(21)31-25)17-6-9-19(10-7-17)30-13-12-29-15-26/h4-15,29H,1-3H3;3-14,28-29H,1-2H3;2-15,27H,1H3/b11-10+;10-9+;13-12+. The normalized spacial score (nSPS) is 11.1. The molecule has 0 fully saturated rings. The van der Waals surface area contributed by atoms with E-state index in [1.54, 1.807) is 105 Å². The van der Waals surface area contributed by atoms with Crippen LogP contribution in [0.25, 0.3) is 63.6 Å². The number of phenolic OH excluding ortho intramolecular Hbond substituents is 4. The number of carbonyl (C=O) groups excluding carboxylic acids is 6. The molecule has 486 valence electrons. The van der Waals surface area contributed by atoms with E-state index in [1.807, 2.05) is 113 Å². The number of rotatable bonds is 21. The maximum absolute atomic E-state index is 13.8. The molecule has 16 nitrogen and oxygen atoms in total. The van der Waals surface area contributed by atoms with Crippen LogP contribution in [0.3, 0.4) is 0 Å². The zero-order valence-electron chi connectivity index (χ0n) is 52.9. The van der Waals surface area contributed by atoms with Crippen molar-refractivity contribution in [3.8, 4) is 73.6 Å². The molecule has 19 heteroatoms. The zero-order chi connectivity index (χ0) is 68.9. The van der Waals surface area contributed by atoms with Gasteiger partial charge in [-0.1, -0.05) is 78.4 Å². The maximum Gasteiger partial charge on any atom is 0.298 e. The molecule has 12 aromatic rings. The molecule has 0 radical (unpaired) electrons. The molecule has 0 unspecified atom stereocenters. The van der Waals surface area contributed by atoms with Crippen molar-refractivity contribution in [2.75, 3.05) is 0 Å². The van der Waals surface area contributed by atoms with E-state index < -0.39 is 0 Å². The minimum Gasteiger partial charge on any atom is -0.508 e. The average Bonchev–Trinajstić information content (AvgIpc) is 1.64. The van der Waals surface area contributed by atoms with Gasteiger partial charge in [-0.15, -0.1) is 34.0 Å². The maximum atomic E-state index is 13.8. The van der Waals surface area contributed by atoms with Crippen LogP contribution in [0.1, 0.15) is 79.1 Å². The SMILES string of the molecule is Cc1cc(C)c(C(=O)c2sc3cc(O)ccc3c2-c2ccc(O/C=C/OC=O)cc2)c(C)c1.Cc1cc(O)cc(C)c1C(=O)c1sc2cc(O)ccc2c1-c1ccc(O/C=C/OC=O)cc1.Cc1ccccc1C(=O)c1sc2cc(O)ccc2c1-c1ccc(O/C=C/OC=O)cc1. The lowest BCUT2D eigenvalue weighted by Gasteiger charge is -2.11. The van der Waals surface area contributed by atoms with Crippen molar-refractivity contribution in [3.63, 3.8) is 0 Å². The zero-order valence-corrected chi connectivity index (χ0v) is 55.3. The molecule has 0 saturated heterocycles. The Labute approximate surface area is 568 Å². The number of aryl methyl sites for hydroxylation is 6. The van der Waals surface area contributed by atoms with Crippen molar-refractivity contribution >= 4 is 101 Å². The van der Waals surface area contributed by atoms with E-state index in [1.165, 1.54) is 52.8 Å². The summed E-state index contributed by atoms with van der Waals surface area (Å²) in [5.74, 6) is 1.96. The van der Waals surface area contributed by atoms with Gasteiger partial charge in [0.15, 0.2) is 0 Å². The fraction of sp³-hybridized carbons (Fsp3) is 0.0769. The number of aromatic hydroxyl groups is 4. The number of thiophene rings is 3. The van der Waals surface area contributed by atoms with Crippen molar-refractivity contribution in [1.82, 2.24) is 0 Å². The Morgan fingerprint density at radius 2 is 0.660 bits per heavy atom. The highest BCUT2D eigenvalue weighted by atomic mass is 32.1. The van der Waals surface area contributed by atoms with Crippen LogP contribution in [0.5, 0.6) is 40.2 Å². The molecule has 0 spiro atoms. The summed E-state index contributed by atoms with van der Waals surface area (Å²) < 4.78 is 32.0. The Kier molecular flexibility index (Phi) is 21.7. The van der Waals surface area contributed by atoms with Gasteiger partial charge in [-0.3, -0.25) is 28.8 Å². The number of benzene rings is 9. The van der Waals surface area contributed by atoms with E-state index >= 15 is 0 Å². The Morgan fingerprint density at radius 1 is 0.340 bits per heavy atom. The van der Waals surface area contributed by atoms with Gasteiger partial charge in [0.1, 0.15) is 77.8 Å². The van der Waals surface area contributed by atoms with Crippen LogP contribution < -0.4 is 14.2 Å². The lowest BCUT2D eigenvalue weighted by Crippen LogP contribution is -2.06. The number of carbonyl (C=O) groups is 6. The van der Waals surface area contributed by atoms with E-state index in [9.17, 15) is 49.2 Å². The number of hydrogen-bond acceptors (Lipinski definition) is 19. The second kappa shape index (κ2) is 30.9. The highest BCUT2D eigenvalue weighted by Gasteiger charge is 2.27. The van der Waals surface area contributed by atoms with E-state index in [4.69, 9.17) is 14.2 Å². The summed E-state index contributed by atoms with van der Waals surface area (Å²) in [6.07, 6.45) is 7.18. The van der Waals surface area contributed by atoms with E-state index in [-0.39, 0.29) is 40.3 Å². The molecule has 0 aliphatic heterocycles. The molecule has 0 amide bonds. The summed E-state index contributed by atoms with van der Waals surface area (Å²) >= 11 is 4.06. The predicted octanol–water partition coefficient (Wildman–Crippen LogP) is 18.1. The monoisotopic (exact) mass is 1350 g/mol. The lowest BCUT2D eigenvalue weighted by molar-refractivity contribution is -0.124. The summed E-state index contributed by atoms with van der Waals surface area (Å²) in [7, 11) is 0. The largest absolute Gasteiger partial charge is 0.508 e. The second-order valence-electron chi connectivity index (χ2n) is 21.9. The van der Waals surface area contributed by atoms with Crippen LogP contribution in [0.4, 0.5) is 0 Å². The van der Waals surface area contributed by atoms with Crippen molar-refractivity contribution in [2.45, 2.75) is 41.5 Å². The van der Waals surface area contributed by atoms with Crippen molar-refractivity contribution in [1.29, 1.82) is 0 Å². The minimum atomic E-state index is -0.144. The van der Waals surface area contributed by atoms with Crippen LogP contribution in [0, 0.1) is 41.5 Å². The Balaban J connectivity index is 0.000000158. The number of ether oxygens (including phenoxy) is 6. The molecule has 97 heavy (non-hydrogen) atoms. The van der Waals surface area contributed by atoms with Gasteiger partial charge in [-0.05, 0) is 189 Å². The van der Waals surface area contributed by atoms with Gasteiger partial charge in [0.05, 0.1) is 14.6 Å². The number of ketones is 3. The fourth-order valence-corrected chi connectivity index (χ4v) is 14.8. The van der Waals surface area contributed by atoms with Gasteiger partial charge in [0, 0.05) is 63.6 Å². The number of phenols is 4. The van der Waals surface area contributed by atoms with Gasteiger partial charge >= 0.3 is 0 Å². The second-order valence-corrected chi connectivity index (χ2v) is 25.1. The van der Waals surface area contributed by atoms with Gasteiger partial charge in [-0.2, -0.15) is 0 Å². The molecule has 0 aliphatic rings. The first-order valence-corrected chi connectivity index (χ1v) is 32.2. The Hall–Kier alpha value is -11.9. The van der Waals surface area contributed by atoms with E-state index in [0.29, 0.717) is 79.1 Å². The molecule has 3 heterocycles. The van der Waals surface area contributed by atoms with Crippen molar-refractivity contribution in [3.05, 3.63) is 278 Å². The summed E-state index contributed by atoms with van der Waals surface area (Å²) in [6.45, 7) is 12.3. The fourth-order valence-electron chi connectivity index (χ4n) is 11.2. The highest BCUT2D eigenvalue weighted by molar-refractivity contribution is 7.22. The van der Waals surface area contributed by atoms with Crippen LogP contribution in [0.15, 0.2) is 213 Å². The number of fused-ring (bicyclic) bond motifs is 3. The molecule has 3 aromatic heterocycles. The van der Waals surface area contributed by atoms with E-state index in [2.05, 4.69) is 14.2 Å². The Bertz CT molecular complexity index is 4790. The highest BCUT2D eigenvalue weighted by Crippen LogP contribution is 2.46. The summed E-state index contributed by atoms with van der Waals surface area (Å²) in [6, 6.07) is 51.8. The third-order valence-corrected chi connectivity index (χ3v) is 18.7. The minimum absolute atomic E-state index is 0.0324. The molecule has 0 atom stereocenters. The summed E-state index contributed by atoms with van der Waals surface area (Å²) in [4.78, 5) is 73.3. The molecule has 12 rings (SSSR count). The number of hydrogen-bond donors (Lipinski definition) is 4. The molecular weight excluding hydrogens is 1290 g/mol. The molecular formula is C78H60O16S3. The Morgan fingerprint density at radius 3 is 0.990 bits per heavy atom. The quantitative estimate of drug-likeness (QED) is 0.0226. The third kappa shape index (κ3) is 15.7. The molecule has 0 aliphatic carbocycles. The topological polar surface area (TPSA) is 239 Å². The first-order valence-electron chi connectivity index (χ1n) is 29.7. The lowest BCUT2D eigenvalue weighted by atomic mass is 9.92. The first kappa shape index (κ1) is 68.0. The van der Waals surface area contributed by atoms with Crippen molar-refractivity contribution < 1.29 is 77.6 Å². The van der Waals surface area contributed by atoms with Crippen molar-refractivity contribution in [2.24, 2.45) is 0 Å². The third-order valence-electron chi connectivity index (χ3n) is 15.3. The van der Waals surface area contributed by atoms with Gasteiger partial charge in [0.25, 0.3) is 19.4 Å². The summed E-state index contributed by atoms with van der Waals surface area (Å²) in [5.41, 5.74) is 12.1. The first-order chi connectivity index (χ1) is 46.8.